The average molecular weight is 254 g/mol. The van der Waals surface area contributed by atoms with Crippen LogP contribution in [-0.2, 0) is 4.79 Å². The zero-order valence-corrected chi connectivity index (χ0v) is 12.5. The number of amides is 1. The normalized spacial score (nSPS) is 29.1. The fourth-order valence-corrected chi connectivity index (χ4v) is 3.15. The van der Waals surface area contributed by atoms with Gasteiger partial charge in [0.1, 0.15) is 0 Å². The van der Waals surface area contributed by atoms with Crippen LogP contribution in [0.25, 0.3) is 0 Å². The van der Waals surface area contributed by atoms with Gasteiger partial charge in [0, 0.05) is 12.6 Å². The van der Waals surface area contributed by atoms with E-state index in [9.17, 15) is 4.79 Å². The number of carbonyl (C=O) groups excluding carboxylic acids is 1. The quantitative estimate of drug-likeness (QED) is 0.792. The molecule has 18 heavy (non-hydrogen) atoms. The maximum atomic E-state index is 12.5. The van der Waals surface area contributed by atoms with Crippen molar-refractivity contribution in [1.82, 2.24) is 5.32 Å². The maximum absolute atomic E-state index is 12.5. The molecule has 1 aliphatic carbocycles. The summed E-state index contributed by atoms with van der Waals surface area (Å²) >= 11 is 0. The molecule has 3 atom stereocenters. The zero-order chi connectivity index (χ0) is 13.8. The number of hydrogen-bond acceptors (Lipinski definition) is 2. The van der Waals surface area contributed by atoms with Gasteiger partial charge in [-0.1, -0.05) is 27.7 Å². The van der Waals surface area contributed by atoms with Crippen LogP contribution in [0.3, 0.4) is 0 Å². The van der Waals surface area contributed by atoms with Gasteiger partial charge in [-0.05, 0) is 43.9 Å². The van der Waals surface area contributed by atoms with Crippen molar-refractivity contribution in [3.63, 3.8) is 0 Å². The number of rotatable bonds is 5. The second-order valence-corrected chi connectivity index (χ2v) is 6.17. The van der Waals surface area contributed by atoms with Crippen LogP contribution in [0.15, 0.2) is 0 Å². The highest BCUT2D eigenvalue weighted by Crippen LogP contribution is 2.31. The minimum Gasteiger partial charge on any atom is -0.353 e. The van der Waals surface area contributed by atoms with E-state index in [4.69, 9.17) is 5.73 Å². The molecular formula is C15H30N2O. The van der Waals surface area contributed by atoms with E-state index in [1.807, 2.05) is 0 Å². The Labute approximate surface area is 112 Å². The van der Waals surface area contributed by atoms with Crippen molar-refractivity contribution in [2.45, 2.75) is 65.8 Å². The van der Waals surface area contributed by atoms with Gasteiger partial charge >= 0.3 is 0 Å². The van der Waals surface area contributed by atoms with Crippen LogP contribution in [0.5, 0.6) is 0 Å². The van der Waals surface area contributed by atoms with Crippen LogP contribution in [-0.4, -0.2) is 18.5 Å². The van der Waals surface area contributed by atoms with Crippen molar-refractivity contribution in [2.24, 2.45) is 23.0 Å². The van der Waals surface area contributed by atoms with Crippen LogP contribution in [0, 0.1) is 17.3 Å². The molecule has 3 nitrogen and oxygen atoms in total. The molecule has 3 N–H and O–H groups in total. The van der Waals surface area contributed by atoms with Gasteiger partial charge < -0.3 is 11.1 Å². The summed E-state index contributed by atoms with van der Waals surface area (Å²) in [6.45, 7) is 9.12. The molecule has 0 aliphatic heterocycles. The predicted octanol–water partition coefficient (Wildman–Crippen LogP) is 2.69. The number of nitrogens with one attached hydrogen (secondary N) is 1. The minimum absolute atomic E-state index is 0.168. The van der Waals surface area contributed by atoms with Crippen LogP contribution in [0.4, 0.5) is 0 Å². The van der Waals surface area contributed by atoms with E-state index in [0.717, 1.165) is 25.2 Å². The second kappa shape index (κ2) is 6.55. The lowest BCUT2D eigenvalue weighted by molar-refractivity contribution is -0.132. The standard InChI is InChI=1S/C15H30N2O/c1-5-15(6-2,10-16)14(18)17-13-8-7-11(3)9-12(13)4/h11-13H,5-10,16H2,1-4H3,(H,17,18). The molecule has 0 bridgehead atoms. The molecule has 0 heterocycles. The fourth-order valence-electron chi connectivity index (χ4n) is 3.15. The Morgan fingerprint density at radius 2 is 1.89 bits per heavy atom. The summed E-state index contributed by atoms with van der Waals surface area (Å²) in [4.78, 5) is 12.5. The Hall–Kier alpha value is -0.570. The van der Waals surface area contributed by atoms with E-state index < -0.39 is 0 Å². The van der Waals surface area contributed by atoms with Crippen molar-refractivity contribution in [3.05, 3.63) is 0 Å². The first-order valence-electron chi connectivity index (χ1n) is 7.50. The molecule has 0 saturated heterocycles. The van der Waals surface area contributed by atoms with Gasteiger partial charge in [-0.15, -0.1) is 0 Å². The summed E-state index contributed by atoms with van der Waals surface area (Å²) in [5.41, 5.74) is 5.47. The summed E-state index contributed by atoms with van der Waals surface area (Å²) in [6.07, 6.45) is 5.21. The molecule has 1 fully saturated rings. The molecule has 3 heteroatoms. The molecule has 0 aromatic carbocycles. The third-order valence-corrected chi connectivity index (χ3v) is 4.97. The number of carbonyl (C=O) groups is 1. The van der Waals surface area contributed by atoms with Crippen LogP contribution < -0.4 is 11.1 Å². The fraction of sp³-hybridized carbons (Fsp3) is 0.933. The van der Waals surface area contributed by atoms with Gasteiger partial charge in [0.05, 0.1) is 5.41 Å². The Morgan fingerprint density at radius 1 is 1.28 bits per heavy atom. The summed E-state index contributed by atoms with van der Waals surface area (Å²) in [5, 5.41) is 3.26. The predicted molar refractivity (Wildman–Crippen MR) is 76.2 cm³/mol. The molecule has 0 aromatic rings. The monoisotopic (exact) mass is 254 g/mol. The van der Waals surface area contributed by atoms with E-state index in [-0.39, 0.29) is 11.3 Å². The lowest BCUT2D eigenvalue weighted by Gasteiger charge is -2.37. The van der Waals surface area contributed by atoms with E-state index in [2.05, 4.69) is 33.0 Å². The lowest BCUT2D eigenvalue weighted by Crippen LogP contribution is -2.51. The van der Waals surface area contributed by atoms with Gasteiger partial charge in [-0.25, -0.2) is 0 Å². The third-order valence-electron chi connectivity index (χ3n) is 4.97. The summed E-state index contributed by atoms with van der Waals surface area (Å²) < 4.78 is 0. The molecule has 0 radical (unpaired) electrons. The Bertz CT molecular complexity index is 265. The number of hydrogen-bond donors (Lipinski definition) is 2. The molecule has 1 aliphatic rings. The highest BCUT2D eigenvalue weighted by molar-refractivity contribution is 5.83. The van der Waals surface area contributed by atoms with E-state index >= 15 is 0 Å². The molecule has 106 valence electrons. The highest BCUT2D eigenvalue weighted by Gasteiger charge is 2.36. The van der Waals surface area contributed by atoms with Gasteiger partial charge in [-0.2, -0.15) is 0 Å². The molecule has 1 amide bonds. The van der Waals surface area contributed by atoms with Crippen molar-refractivity contribution >= 4 is 5.91 Å². The maximum Gasteiger partial charge on any atom is 0.227 e. The van der Waals surface area contributed by atoms with Crippen LogP contribution in [0.2, 0.25) is 0 Å². The van der Waals surface area contributed by atoms with Crippen molar-refractivity contribution in [2.75, 3.05) is 6.54 Å². The first-order chi connectivity index (χ1) is 8.49. The van der Waals surface area contributed by atoms with Crippen molar-refractivity contribution in [1.29, 1.82) is 0 Å². The summed E-state index contributed by atoms with van der Waals surface area (Å²) in [5.74, 6) is 1.55. The number of nitrogens with two attached hydrogens (primary N) is 1. The third kappa shape index (κ3) is 3.25. The van der Waals surface area contributed by atoms with Gasteiger partial charge in [-0.3, -0.25) is 4.79 Å². The van der Waals surface area contributed by atoms with Gasteiger partial charge in [0.15, 0.2) is 0 Å². The van der Waals surface area contributed by atoms with Crippen LogP contribution >= 0.6 is 0 Å². The first-order valence-corrected chi connectivity index (χ1v) is 7.50. The summed E-state index contributed by atoms with van der Waals surface area (Å²) in [6, 6.07) is 0.345. The van der Waals surface area contributed by atoms with Crippen molar-refractivity contribution < 1.29 is 4.79 Å². The minimum atomic E-state index is -0.358. The van der Waals surface area contributed by atoms with Crippen molar-refractivity contribution in [3.8, 4) is 0 Å². The topological polar surface area (TPSA) is 55.1 Å². The first kappa shape index (κ1) is 15.5. The molecule has 0 spiro atoms. The largest absolute Gasteiger partial charge is 0.353 e. The highest BCUT2D eigenvalue weighted by atomic mass is 16.2. The molecule has 3 unspecified atom stereocenters. The smallest absolute Gasteiger partial charge is 0.227 e. The molecular weight excluding hydrogens is 224 g/mol. The Kier molecular flexibility index (Phi) is 5.64. The molecule has 1 rings (SSSR count). The second-order valence-electron chi connectivity index (χ2n) is 6.17. The van der Waals surface area contributed by atoms with E-state index in [1.165, 1.54) is 12.8 Å². The van der Waals surface area contributed by atoms with Gasteiger partial charge in [0.25, 0.3) is 0 Å². The Morgan fingerprint density at radius 3 is 2.33 bits per heavy atom. The van der Waals surface area contributed by atoms with Crippen LogP contribution in [0.1, 0.15) is 59.8 Å². The summed E-state index contributed by atoms with van der Waals surface area (Å²) in [7, 11) is 0. The lowest BCUT2D eigenvalue weighted by atomic mass is 9.77. The Balaban J connectivity index is 2.63. The van der Waals surface area contributed by atoms with E-state index in [1.54, 1.807) is 0 Å². The van der Waals surface area contributed by atoms with E-state index in [0.29, 0.717) is 18.5 Å². The van der Waals surface area contributed by atoms with Gasteiger partial charge in [0.2, 0.25) is 5.91 Å². The average Bonchev–Trinajstić information content (AvgIpc) is 2.36. The molecule has 0 aromatic heterocycles. The zero-order valence-electron chi connectivity index (χ0n) is 12.5. The SMILES string of the molecule is CCC(CC)(CN)C(=O)NC1CCC(C)CC1C. The molecule has 1 saturated carbocycles.